The third kappa shape index (κ3) is 2.02. The number of alkyl halides is 2. The summed E-state index contributed by atoms with van der Waals surface area (Å²) in [5, 5.41) is 0. The fourth-order valence-electron chi connectivity index (χ4n) is 1.09. The first kappa shape index (κ1) is 10.1. The molecule has 0 aromatic heterocycles. The van der Waals surface area contributed by atoms with Crippen LogP contribution in [0, 0.1) is 19.7 Å². The Morgan fingerprint density at radius 3 is 2.46 bits per heavy atom. The second kappa shape index (κ2) is 3.81. The average Bonchev–Trinajstić information content (AvgIpc) is 2.08. The normalized spacial score (nSPS) is 13.4. The third-order valence-electron chi connectivity index (χ3n) is 1.93. The highest BCUT2D eigenvalue weighted by atomic mass is 19.3. The number of benzene rings is 1. The molecule has 0 aliphatic heterocycles. The second-order valence-corrected chi connectivity index (χ2v) is 2.92. The van der Waals surface area contributed by atoms with Crippen molar-refractivity contribution >= 4 is 0 Å². The molecule has 1 unspecified atom stereocenters. The summed E-state index contributed by atoms with van der Waals surface area (Å²) in [4.78, 5) is 0. The molecule has 0 aliphatic carbocycles. The van der Waals surface area contributed by atoms with Crippen LogP contribution >= 0.6 is 0 Å². The van der Waals surface area contributed by atoms with Crippen LogP contribution in [0.2, 0.25) is 0 Å². The molecule has 71 valence electrons. The minimum atomic E-state index is -2.63. The number of aryl methyl sites for hydroxylation is 1. The van der Waals surface area contributed by atoms with E-state index >= 15 is 0 Å². The molecule has 0 saturated heterocycles. The molecule has 0 aliphatic rings. The Kier molecular flexibility index (Phi) is 2.96. The predicted molar refractivity (Wildman–Crippen MR) is 45.2 cm³/mol. The van der Waals surface area contributed by atoms with E-state index in [1.807, 2.05) is 0 Å². The lowest BCUT2D eigenvalue weighted by molar-refractivity contribution is 0.129. The molecule has 0 spiro atoms. The van der Waals surface area contributed by atoms with E-state index in [2.05, 4.69) is 6.92 Å². The first-order valence-corrected chi connectivity index (χ1v) is 3.90. The maximum absolute atomic E-state index is 13.2. The molecule has 1 aromatic carbocycles. The number of hydrogen-bond acceptors (Lipinski definition) is 0. The van der Waals surface area contributed by atoms with Gasteiger partial charge in [-0.25, -0.2) is 13.2 Å². The minimum absolute atomic E-state index is 0.0185. The van der Waals surface area contributed by atoms with Crippen molar-refractivity contribution in [2.24, 2.45) is 0 Å². The number of hydrogen-bond donors (Lipinski definition) is 0. The SMILES string of the molecule is [CH2]C(c1cccc(C)c1F)C(F)F. The average molecular weight is 187 g/mol. The van der Waals surface area contributed by atoms with Crippen molar-refractivity contribution in [2.45, 2.75) is 19.3 Å². The summed E-state index contributed by atoms with van der Waals surface area (Å²) in [7, 11) is 0. The van der Waals surface area contributed by atoms with Gasteiger partial charge in [0.15, 0.2) is 0 Å². The highest BCUT2D eigenvalue weighted by Crippen LogP contribution is 2.25. The molecule has 1 rings (SSSR count). The third-order valence-corrected chi connectivity index (χ3v) is 1.93. The van der Waals surface area contributed by atoms with Gasteiger partial charge in [-0.15, -0.1) is 0 Å². The molecule has 0 nitrogen and oxygen atoms in total. The van der Waals surface area contributed by atoms with Gasteiger partial charge in [0, 0.05) is 5.92 Å². The van der Waals surface area contributed by atoms with Gasteiger partial charge in [0.25, 0.3) is 0 Å². The molecule has 0 amide bonds. The summed E-state index contributed by atoms with van der Waals surface area (Å²) >= 11 is 0. The Labute approximate surface area is 75.4 Å². The number of halogens is 3. The Hall–Kier alpha value is -0.990. The first-order valence-electron chi connectivity index (χ1n) is 3.90. The summed E-state index contributed by atoms with van der Waals surface area (Å²) < 4.78 is 37.6. The van der Waals surface area contributed by atoms with Gasteiger partial charge >= 0.3 is 0 Å². The topological polar surface area (TPSA) is 0 Å². The molecule has 13 heavy (non-hydrogen) atoms. The Balaban J connectivity index is 3.07. The number of rotatable bonds is 2. The lowest BCUT2D eigenvalue weighted by Gasteiger charge is -2.12. The highest BCUT2D eigenvalue weighted by Gasteiger charge is 2.20. The van der Waals surface area contributed by atoms with E-state index in [9.17, 15) is 13.2 Å². The van der Waals surface area contributed by atoms with Crippen LogP contribution in [0.25, 0.3) is 0 Å². The van der Waals surface area contributed by atoms with Gasteiger partial charge in [-0.2, -0.15) is 0 Å². The van der Waals surface area contributed by atoms with Crippen LogP contribution in [0.4, 0.5) is 13.2 Å². The molecule has 1 atom stereocenters. The molecular weight excluding hydrogens is 177 g/mol. The van der Waals surface area contributed by atoms with Crippen LogP contribution in [0.1, 0.15) is 17.0 Å². The highest BCUT2D eigenvalue weighted by molar-refractivity contribution is 5.28. The smallest absolute Gasteiger partial charge is 0.210 e. The predicted octanol–water partition coefficient (Wildman–Crippen LogP) is 3.32. The Bertz CT molecular complexity index is 294. The van der Waals surface area contributed by atoms with Crippen molar-refractivity contribution < 1.29 is 13.2 Å². The molecule has 0 N–H and O–H groups in total. The lowest BCUT2D eigenvalue weighted by atomic mass is 9.99. The van der Waals surface area contributed by atoms with E-state index in [0.717, 1.165) is 0 Å². The first-order chi connectivity index (χ1) is 6.04. The van der Waals surface area contributed by atoms with Crippen LogP contribution < -0.4 is 0 Å². The largest absolute Gasteiger partial charge is 0.245 e. The summed E-state index contributed by atoms with van der Waals surface area (Å²) in [6, 6.07) is 4.43. The van der Waals surface area contributed by atoms with Gasteiger partial charge in [-0.3, -0.25) is 0 Å². The summed E-state index contributed by atoms with van der Waals surface area (Å²) in [6.07, 6.45) is -2.63. The quantitative estimate of drug-likeness (QED) is 0.666. The molecule has 0 fully saturated rings. The summed E-state index contributed by atoms with van der Waals surface area (Å²) in [6.45, 7) is 4.76. The monoisotopic (exact) mass is 187 g/mol. The van der Waals surface area contributed by atoms with Gasteiger partial charge in [0.1, 0.15) is 5.82 Å². The van der Waals surface area contributed by atoms with E-state index in [1.165, 1.54) is 19.1 Å². The molecule has 3 heteroatoms. The Morgan fingerprint density at radius 1 is 1.31 bits per heavy atom. The van der Waals surface area contributed by atoms with Gasteiger partial charge in [0.2, 0.25) is 6.43 Å². The lowest BCUT2D eigenvalue weighted by Crippen LogP contribution is -2.07. The van der Waals surface area contributed by atoms with Crippen molar-refractivity contribution in [3.05, 3.63) is 42.1 Å². The van der Waals surface area contributed by atoms with Gasteiger partial charge in [0.05, 0.1) is 0 Å². The molecule has 1 radical (unpaired) electrons. The fourth-order valence-corrected chi connectivity index (χ4v) is 1.09. The zero-order valence-corrected chi connectivity index (χ0v) is 7.23. The van der Waals surface area contributed by atoms with Crippen LogP contribution in [0.3, 0.4) is 0 Å². The summed E-state index contributed by atoms with van der Waals surface area (Å²) in [5.74, 6) is -1.87. The minimum Gasteiger partial charge on any atom is -0.210 e. The molecular formula is C10H10F3. The van der Waals surface area contributed by atoms with Crippen LogP contribution in [0.5, 0.6) is 0 Å². The molecule has 0 heterocycles. The molecule has 1 aromatic rings. The van der Waals surface area contributed by atoms with E-state index < -0.39 is 18.2 Å². The van der Waals surface area contributed by atoms with E-state index in [1.54, 1.807) is 6.07 Å². The van der Waals surface area contributed by atoms with Crippen LogP contribution in [-0.4, -0.2) is 6.43 Å². The van der Waals surface area contributed by atoms with E-state index in [0.29, 0.717) is 5.56 Å². The van der Waals surface area contributed by atoms with Gasteiger partial charge < -0.3 is 0 Å². The van der Waals surface area contributed by atoms with Crippen molar-refractivity contribution in [1.29, 1.82) is 0 Å². The second-order valence-electron chi connectivity index (χ2n) is 2.92. The van der Waals surface area contributed by atoms with Crippen LogP contribution in [0.15, 0.2) is 18.2 Å². The van der Waals surface area contributed by atoms with Crippen molar-refractivity contribution in [1.82, 2.24) is 0 Å². The maximum Gasteiger partial charge on any atom is 0.245 e. The zero-order valence-electron chi connectivity index (χ0n) is 7.23. The van der Waals surface area contributed by atoms with Crippen LogP contribution in [-0.2, 0) is 0 Å². The van der Waals surface area contributed by atoms with Crippen molar-refractivity contribution in [2.75, 3.05) is 0 Å². The zero-order chi connectivity index (χ0) is 10.0. The van der Waals surface area contributed by atoms with Crippen molar-refractivity contribution in [3.8, 4) is 0 Å². The summed E-state index contributed by atoms with van der Waals surface area (Å²) in [5.41, 5.74) is 0.349. The van der Waals surface area contributed by atoms with Gasteiger partial charge in [-0.05, 0) is 25.0 Å². The molecule has 0 bridgehead atoms. The Morgan fingerprint density at radius 2 is 1.92 bits per heavy atom. The van der Waals surface area contributed by atoms with E-state index in [4.69, 9.17) is 0 Å². The van der Waals surface area contributed by atoms with Crippen molar-refractivity contribution in [3.63, 3.8) is 0 Å². The standard InChI is InChI=1S/C10H10F3/c1-6-4-3-5-8(9(6)11)7(2)10(12)13/h3-5,7,10H,2H2,1H3. The molecule has 0 saturated carbocycles. The van der Waals surface area contributed by atoms with E-state index in [-0.39, 0.29) is 5.56 Å². The maximum atomic E-state index is 13.2. The fraction of sp³-hybridized carbons (Fsp3) is 0.300. The van der Waals surface area contributed by atoms with Gasteiger partial charge in [-0.1, -0.05) is 18.2 Å².